The second-order valence-corrected chi connectivity index (χ2v) is 8.31. The smallest absolute Gasteiger partial charge is 0.240 e. The average molecular weight is 332 g/mol. The van der Waals surface area contributed by atoms with Gasteiger partial charge in [0.05, 0.1) is 4.90 Å². The quantitative estimate of drug-likeness (QED) is 0.717. The molecule has 2 unspecified atom stereocenters. The van der Waals surface area contributed by atoms with Crippen LogP contribution in [0, 0.1) is 0 Å². The van der Waals surface area contributed by atoms with Crippen LogP contribution in [0.3, 0.4) is 0 Å². The van der Waals surface area contributed by atoms with Crippen molar-refractivity contribution >= 4 is 20.8 Å². The third kappa shape index (κ3) is 5.86. The second kappa shape index (κ2) is 8.63. The topological polar surface area (TPSA) is 75.3 Å². The van der Waals surface area contributed by atoms with Gasteiger partial charge in [0.2, 0.25) is 10.0 Å². The predicted octanol–water partition coefficient (Wildman–Crippen LogP) is 1.40. The third-order valence-electron chi connectivity index (χ3n) is 3.12. The van der Waals surface area contributed by atoms with Crippen LogP contribution in [-0.4, -0.2) is 37.2 Å². The Kier molecular flexibility index (Phi) is 7.51. The minimum Gasteiger partial charge on any atom is -0.310 e. The monoisotopic (exact) mass is 332 g/mol. The minimum absolute atomic E-state index is 0.0951. The van der Waals surface area contributed by atoms with Gasteiger partial charge in [-0.25, -0.2) is 13.1 Å². The predicted molar refractivity (Wildman–Crippen MR) is 87.3 cm³/mol. The molecule has 0 bridgehead atoms. The van der Waals surface area contributed by atoms with E-state index in [0.29, 0.717) is 11.5 Å². The molecule has 1 rings (SSSR count). The molecule has 120 valence electrons. The Morgan fingerprint density at radius 3 is 2.62 bits per heavy atom. The van der Waals surface area contributed by atoms with Crippen LogP contribution in [0.25, 0.3) is 0 Å². The van der Waals surface area contributed by atoms with Crippen molar-refractivity contribution in [3.8, 4) is 0 Å². The molecule has 0 aromatic heterocycles. The van der Waals surface area contributed by atoms with E-state index in [0.717, 1.165) is 12.1 Å². The van der Waals surface area contributed by atoms with Crippen molar-refractivity contribution in [3.63, 3.8) is 0 Å². The van der Waals surface area contributed by atoms with E-state index < -0.39 is 20.8 Å². The molecule has 1 aromatic carbocycles. The largest absolute Gasteiger partial charge is 0.310 e. The maximum absolute atomic E-state index is 12.2. The van der Waals surface area contributed by atoms with Crippen LogP contribution in [0.1, 0.15) is 32.4 Å². The Balaban J connectivity index is 2.79. The van der Waals surface area contributed by atoms with E-state index in [1.165, 1.54) is 0 Å². The van der Waals surface area contributed by atoms with Gasteiger partial charge >= 0.3 is 0 Å². The van der Waals surface area contributed by atoms with Gasteiger partial charge in [0.1, 0.15) is 0 Å². The highest BCUT2D eigenvalue weighted by molar-refractivity contribution is 7.89. The fraction of sp³-hybridized carbons (Fsp3) is 0.571. The van der Waals surface area contributed by atoms with Gasteiger partial charge in [0.15, 0.2) is 0 Å². The van der Waals surface area contributed by atoms with Crippen molar-refractivity contribution in [2.45, 2.75) is 31.7 Å². The molecule has 2 N–H and O–H groups in total. The molecule has 0 saturated carbocycles. The number of hydrogen-bond donors (Lipinski definition) is 2. The molecule has 2 atom stereocenters. The molecule has 0 aliphatic rings. The molecule has 0 amide bonds. The highest BCUT2D eigenvalue weighted by Gasteiger charge is 2.15. The molecule has 0 spiro atoms. The average Bonchev–Trinajstić information content (AvgIpc) is 2.47. The maximum Gasteiger partial charge on any atom is 0.240 e. The first kappa shape index (κ1) is 18.3. The highest BCUT2D eigenvalue weighted by Crippen LogP contribution is 2.17. The van der Waals surface area contributed by atoms with Gasteiger partial charge in [0.25, 0.3) is 0 Å². The van der Waals surface area contributed by atoms with E-state index in [9.17, 15) is 12.6 Å². The van der Waals surface area contributed by atoms with E-state index in [4.69, 9.17) is 0 Å². The van der Waals surface area contributed by atoms with E-state index in [-0.39, 0.29) is 17.5 Å². The zero-order chi connectivity index (χ0) is 15.9. The first-order valence-corrected chi connectivity index (χ1v) is 10.1. The van der Waals surface area contributed by atoms with Crippen molar-refractivity contribution in [1.82, 2.24) is 10.0 Å². The number of benzene rings is 1. The van der Waals surface area contributed by atoms with Crippen LogP contribution >= 0.6 is 0 Å². The molecular formula is C14H24N2O3S2. The number of nitrogens with one attached hydrogen (secondary N) is 2. The second-order valence-electron chi connectivity index (χ2n) is 4.68. The molecule has 0 heterocycles. The number of rotatable bonds is 9. The van der Waals surface area contributed by atoms with Crippen LogP contribution in [0.2, 0.25) is 0 Å². The molecule has 0 aliphatic heterocycles. The summed E-state index contributed by atoms with van der Waals surface area (Å²) < 4.78 is 38.2. The van der Waals surface area contributed by atoms with Crippen molar-refractivity contribution in [3.05, 3.63) is 29.8 Å². The molecule has 1 aromatic rings. The fourth-order valence-electron chi connectivity index (χ4n) is 1.89. The van der Waals surface area contributed by atoms with Gasteiger partial charge in [0, 0.05) is 34.9 Å². The van der Waals surface area contributed by atoms with Gasteiger partial charge in [-0.15, -0.1) is 0 Å². The minimum atomic E-state index is -3.55. The van der Waals surface area contributed by atoms with Gasteiger partial charge in [-0.1, -0.05) is 26.0 Å². The first-order chi connectivity index (χ1) is 9.90. The molecular weight excluding hydrogens is 308 g/mol. The standard InChI is InChI=1S/C14H24N2O3S2/c1-4-15-12(3)13-7-6-8-14(11-13)21(18,19)16-9-10-20(17)5-2/h6-8,11-12,15-16H,4-5,9-10H2,1-3H3. The molecule has 7 heteroatoms. The molecule has 0 fully saturated rings. The Morgan fingerprint density at radius 1 is 1.29 bits per heavy atom. The number of sulfonamides is 1. The van der Waals surface area contributed by atoms with Crippen molar-refractivity contribution in [1.29, 1.82) is 0 Å². The summed E-state index contributed by atoms with van der Waals surface area (Å²) in [6.07, 6.45) is 0. The summed E-state index contributed by atoms with van der Waals surface area (Å²) in [7, 11) is -4.52. The molecule has 0 saturated heterocycles. The lowest BCUT2D eigenvalue weighted by atomic mass is 10.1. The van der Waals surface area contributed by atoms with Gasteiger partial charge in [-0.3, -0.25) is 4.21 Å². The summed E-state index contributed by atoms with van der Waals surface area (Å²) in [5.74, 6) is 0.876. The van der Waals surface area contributed by atoms with Gasteiger partial charge in [-0.2, -0.15) is 0 Å². The van der Waals surface area contributed by atoms with Crippen molar-refractivity contribution in [2.75, 3.05) is 24.6 Å². The lowest BCUT2D eigenvalue weighted by molar-refractivity contribution is 0.581. The van der Waals surface area contributed by atoms with Crippen LogP contribution < -0.4 is 10.0 Å². The van der Waals surface area contributed by atoms with Crippen molar-refractivity contribution in [2.24, 2.45) is 0 Å². The van der Waals surface area contributed by atoms with Crippen LogP contribution in [0.5, 0.6) is 0 Å². The van der Waals surface area contributed by atoms with E-state index in [2.05, 4.69) is 10.0 Å². The normalized spacial score (nSPS) is 14.8. The number of hydrogen-bond acceptors (Lipinski definition) is 4. The van der Waals surface area contributed by atoms with Crippen molar-refractivity contribution < 1.29 is 12.6 Å². The summed E-state index contributed by atoms with van der Waals surface area (Å²) in [4.78, 5) is 0.243. The third-order valence-corrected chi connectivity index (χ3v) is 5.88. The highest BCUT2D eigenvalue weighted by atomic mass is 32.2. The summed E-state index contributed by atoms with van der Waals surface area (Å²) in [5.41, 5.74) is 0.928. The molecule has 0 radical (unpaired) electrons. The zero-order valence-corrected chi connectivity index (χ0v) is 14.4. The van der Waals surface area contributed by atoms with E-state index in [1.54, 1.807) is 18.2 Å². The van der Waals surface area contributed by atoms with E-state index >= 15 is 0 Å². The first-order valence-electron chi connectivity index (χ1n) is 7.08. The maximum atomic E-state index is 12.2. The Morgan fingerprint density at radius 2 is 2.00 bits per heavy atom. The molecule has 0 aliphatic carbocycles. The van der Waals surface area contributed by atoms with E-state index in [1.807, 2.05) is 26.8 Å². The van der Waals surface area contributed by atoms with Gasteiger partial charge < -0.3 is 5.32 Å². The summed E-state index contributed by atoms with van der Waals surface area (Å²) in [5, 5.41) is 3.25. The summed E-state index contributed by atoms with van der Waals surface area (Å²) in [6, 6.07) is 6.98. The lowest BCUT2D eigenvalue weighted by Crippen LogP contribution is -2.28. The zero-order valence-electron chi connectivity index (χ0n) is 12.8. The van der Waals surface area contributed by atoms with Crippen LogP contribution in [0.15, 0.2) is 29.2 Å². The Labute approximate surface area is 130 Å². The van der Waals surface area contributed by atoms with Crippen LogP contribution in [-0.2, 0) is 20.8 Å². The molecule has 5 nitrogen and oxygen atoms in total. The Hall–Kier alpha value is -0.760. The van der Waals surface area contributed by atoms with Crippen LogP contribution in [0.4, 0.5) is 0 Å². The lowest BCUT2D eigenvalue weighted by Gasteiger charge is -2.14. The Bertz CT molecular complexity index is 573. The molecule has 21 heavy (non-hydrogen) atoms. The SMILES string of the molecule is CCNC(C)c1cccc(S(=O)(=O)NCCS(=O)CC)c1. The summed E-state index contributed by atoms with van der Waals surface area (Å²) in [6.45, 7) is 6.82. The fourth-order valence-corrected chi connectivity index (χ4v) is 3.73. The van der Waals surface area contributed by atoms with Gasteiger partial charge in [-0.05, 0) is 31.2 Å². The summed E-state index contributed by atoms with van der Waals surface area (Å²) >= 11 is 0.